The lowest BCUT2D eigenvalue weighted by Crippen LogP contribution is -2.44. The first-order valence-corrected chi connectivity index (χ1v) is 9.71. The predicted molar refractivity (Wildman–Crippen MR) is 109 cm³/mol. The molecule has 27 heavy (non-hydrogen) atoms. The van der Waals surface area contributed by atoms with E-state index in [9.17, 15) is 4.79 Å². The van der Waals surface area contributed by atoms with Gasteiger partial charge in [-0.3, -0.25) is 9.48 Å². The maximum absolute atomic E-state index is 12.6. The summed E-state index contributed by atoms with van der Waals surface area (Å²) in [5.74, 6) is 0.619. The number of benzene rings is 1. The van der Waals surface area contributed by atoms with Crippen LogP contribution in [-0.4, -0.2) is 47.5 Å². The number of hydrogen-bond acceptors (Lipinski definition) is 4. The Labute approximate surface area is 166 Å². The lowest BCUT2D eigenvalue weighted by molar-refractivity contribution is -0.0412. The van der Waals surface area contributed by atoms with Gasteiger partial charge in [0, 0.05) is 49.2 Å². The van der Waals surface area contributed by atoms with Crippen molar-refractivity contribution in [2.45, 2.75) is 51.9 Å². The standard InChI is InChI=1S/C20H28N4O2.ClH/c1-13(26-16-4-3-5-16)8-22-20(25)17-6-7-19-18(14(17)2)12-24(23-19)11-15-9-21-10-15;/h6-7,12-13,15-16,21H,3-5,8-11H2,1-2H3,(H,22,25);1H. The van der Waals surface area contributed by atoms with Crippen LogP contribution in [0.25, 0.3) is 10.9 Å². The van der Waals surface area contributed by atoms with Crippen LogP contribution in [0.2, 0.25) is 0 Å². The van der Waals surface area contributed by atoms with Gasteiger partial charge in [0.2, 0.25) is 0 Å². The summed E-state index contributed by atoms with van der Waals surface area (Å²) in [6.07, 6.45) is 6.06. The third-order valence-corrected chi connectivity index (χ3v) is 5.59. The lowest BCUT2D eigenvalue weighted by atomic mass is 9.96. The largest absolute Gasteiger partial charge is 0.373 e. The highest BCUT2D eigenvalue weighted by atomic mass is 35.5. The Kier molecular flexibility index (Phi) is 6.40. The number of carbonyl (C=O) groups is 1. The van der Waals surface area contributed by atoms with Gasteiger partial charge in [0.05, 0.1) is 17.7 Å². The molecule has 4 rings (SSSR count). The first-order chi connectivity index (χ1) is 12.6. The summed E-state index contributed by atoms with van der Waals surface area (Å²) < 4.78 is 7.91. The molecule has 2 aromatic rings. The van der Waals surface area contributed by atoms with E-state index >= 15 is 0 Å². The van der Waals surface area contributed by atoms with Crippen LogP contribution in [0, 0.1) is 12.8 Å². The van der Waals surface area contributed by atoms with Gasteiger partial charge in [-0.2, -0.15) is 5.10 Å². The van der Waals surface area contributed by atoms with E-state index in [1.54, 1.807) is 0 Å². The fourth-order valence-electron chi connectivity index (χ4n) is 3.58. The number of amides is 1. The second-order valence-electron chi connectivity index (χ2n) is 7.76. The van der Waals surface area contributed by atoms with Crippen LogP contribution >= 0.6 is 12.4 Å². The molecule has 1 aliphatic carbocycles. The van der Waals surface area contributed by atoms with Crippen LogP contribution in [-0.2, 0) is 11.3 Å². The normalized spacial score (nSPS) is 18.4. The van der Waals surface area contributed by atoms with Gasteiger partial charge in [0.1, 0.15) is 0 Å². The molecule has 2 fully saturated rings. The Morgan fingerprint density at radius 3 is 2.81 bits per heavy atom. The molecule has 1 unspecified atom stereocenters. The molecule has 2 heterocycles. The average molecular weight is 393 g/mol. The number of aryl methyl sites for hydroxylation is 1. The molecule has 1 aliphatic heterocycles. The lowest BCUT2D eigenvalue weighted by Gasteiger charge is -2.29. The van der Waals surface area contributed by atoms with E-state index in [0.717, 1.165) is 54.5 Å². The number of rotatable bonds is 7. The summed E-state index contributed by atoms with van der Waals surface area (Å²) >= 11 is 0. The molecule has 0 spiro atoms. The van der Waals surface area contributed by atoms with Crippen molar-refractivity contribution in [1.82, 2.24) is 20.4 Å². The van der Waals surface area contributed by atoms with Crippen molar-refractivity contribution < 1.29 is 9.53 Å². The number of nitrogens with one attached hydrogen (secondary N) is 2. The maximum Gasteiger partial charge on any atom is 0.251 e. The molecular formula is C20H29ClN4O2. The number of aromatic nitrogens is 2. The molecule has 1 aromatic carbocycles. The number of carbonyl (C=O) groups excluding carboxylic acids is 1. The Morgan fingerprint density at radius 1 is 1.41 bits per heavy atom. The summed E-state index contributed by atoms with van der Waals surface area (Å²) in [5.41, 5.74) is 2.66. The number of fused-ring (bicyclic) bond motifs is 1. The second kappa shape index (κ2) is 8.59. The van der Waals surface area contributed by atoms with Gasteiger partial charge in [-0.15, -0.1) is 12.4 Å². The monoisotopic (exact) mass is 392 g/mol. The number of halogens is 1. The van der Waals surface area contributed by atoms with Crippen molar-refractivity contribution in [2.75, 3.05) is 19.6 Å². The molecule has 7 heteroatoms. The zero-order valence-electron chi connectivity index (χ0n) is 16.0. The van der Waals surface area contributed by atoms with E-state index in [4.69, 9.17) is 4.74 Å². The first kappa shape index (κ1) is 20.1. The molecule has 1 atom stereocenters. The van der Waals surface area contributed by atoms with Gasteiger partial charge < -0.3 is 15.4 Å². The van der Waals surface area contributed by atoms with E-state index in [0.29, 0.717) is 18.6 Å². The van der Waals surface area contributed by atoms with E-state index in [-0.39, 0.29) is 24.4 Å². The second-order valence-corrected chi connectivity index (χ2v) is 7.76. The molecule has 0 bridgehead atoms. The van der Waals surface area contributed by atoms with Gasteiger partial charge in [-0.1, -0.05) is 0 Å². The van der Waals surface area contributed by atoms with Crippen LogP contribution in [0.1, 0.15) is 42.1 Å². The fourth-order valence-corrected chi connectivity index (χ4v) is 3.58. The summed E-state index contributed by atoms with van der Waals surface area (Å²) in [6, 6.07) is 3.83. The van der Waals surface area contributed by atoms with Crippen molar-refractivity contribution in [2.24, 2.45) is 5.92 Å². The summed E-state index contributed by atoms with van der Waals surface area (Å²) in [7, 11) is 0. The minimum Gasteiger partial charge on any atom is -0.373 e. The zero-order chi connectivity index (χ0) is 18.1. The van der Waals surface area contributed by atoms with Gasteiger partial charge in [0.15, 0.2) is 0 Å². The van der Waals surface area contributed by atoms with Gasteiger partial charge >= 0.3 is 0 Å². The Bertz CT molecular complexity index is 799. The van der Waals surface area contributed by atoms with Crippen LogP contribution in [0.4, 0.5) is 0 Å². The highest BCUT2D eigenvalue weighted by Crippen LogP contribution is 2.24. The van der Waals surface area contributed by atoms with Crippen molar-refractivity contribution in [3.05, 3.63) is 29.5 Å². The van der Waals surface area contributed by atoms with Gasteiger partial charge in [-0.05, 0) is 50.8 Å². The molecule has 2 N–H and O–H groups in total. The quantitative estimate of drug-likeness (QED) is 0.760. The van der Waals surface area contributed by atoms with Gasteiger partial charge in [0.25, 0.3) is 5.91 Å². The number of ether oxygens (including phenoxy) is 1. The maximum atomic E-state index is 12.6. The SMILES string of the molecule is Cc1c(C(=O)NCC(C)OC2CCC2)ccc2nn(CC3CNC3)cc12.Cl. The molecule has 148 valence electrons. The molecule has 0 radical (unpaired) electrons. The summed E-state index contributed by atoms with van der Waals surface area (Å²) in [4.78, 5) is 12.6. The Hall–Kier alpha value is -1.63. The third kappa shape index (κ3) is 4.45. The Balaban J connectivity index is 0.00000210. The summed E-state index contributed by atoms with van der Waals surface area (Å²) in [6.45, 7) is 7.61. The Morgan fingerprint density at radius 2 is 2.19 bits per heavy atom. The molecule has 2 aliphatic rings. The van der Waals surface area contributed by atoms with Crippen LogP contribution < -0.4 is 10.6 Å². The van der Waals surface area contributed by atoms with Crippen LogP contribution in [0.15, 0.2) is 18.3 Å². The summed E-state index contributed by atoms with van der Waals surface area (Å²) in [5, 5.41) is 12.0. The van der Waals surface area contributed by atoms with Crippen molar-refractivity contribution in [3.63, 3.8) is 0 Å². The minimum absolute atomic E-state index is 0. The van der Waals surface area contributed by atoms with Crippen LogP contribution in [0.5, 0.6) is 0 Å². The van der Waals surface area contributed by atoms with E-state index in [2.05, 4.69) is 21.9 Å². The van der Waals surface area contributed by atoms with Crippen molar-refractivity contribution >= 4 is 29.2 Å². The van der Waals surface area contributed by atoms with Gasteiger partial charge in [-0.25, -0.2) is 0 Å². The molecule has 6 nitrogen and oxygen atoms in total. The predicted octanol–water partition coefficient (Wildman–Crippen LogP) is 2.67. The number of nitrogens with zero attached hydrogens (tertiary/aromatic N) is 2. The highest BCUT2D eigenvalue weighted by Gasteiger charge is 2.22. The van der Waals surface area contributed by atoms with E-state index < -0.39 is 0 Å². The zero-order valence-corrected chi connectivity index (χ0v) is 16.8. The molecule has 1 saturated heterocycles. The third-order valence-electron chi connectivity index (χ3n) is 5.59. The molecule has 1 saturated carbocycles. The van der Waals surface area contributed by atoms with Crippen molar-refractivity contribution in [3.8, 4) is 0 Å². The minimum atomic E-state index is -0.0376. The topological polar surface area (TPSA) is 68.2 Å². The average Bonchev–Trinajstić information content (AvgIpc) is 2.96. The number of hydrogen-bond donors (Lipinski definition) is 2. The van der Waals surface area contributed by atoms with Crippen molar-refractivity contribution in [1.29, 1.82) is 0 Å². The smallest absolute Gasteiger partial charge is 0.251 e. The van der Waals surface area contributed by atoms with Crippen LogP contribution in [0.3, 0.4) is 0 Å². The molecular weight excluding hydrogens is 364 g/mol. The van der Waals surface area contributed by atoms with E-state index in [1.165, 1.54) is 6.42 Å². The van der Waals surface area contributed by atoms with E-state index in [1.807, 2.05) is 30.7 Å². The first-order valence-electron chi connectivity index (χ1n) is 9.71. The molecule has 1 aromatic heterocycles. The molecule has 1 amide bonds. The highest BCUT2D eigenvalue weighted by molar-refractivity contribution is 6.00. The fraction of sp³-hybridized carbons (Fsp3) is 0.600.